The number of allylic oxidation sites excluding steroid dienone is 1. The van der Waals surface area contributed by atoms with E-state index in [2.05, 4.69) is 38.8 Å². The van der Waals surface area contributed by atoms with Gasteiger partial charge < -0.3 is 24.1 Å². The molecule has 7 nitrogen and oxygen atoms in total. The number of pyridine rings is 1. The lowest BCUT2D eigenvalue weighted by atomic mass is 9.81. The molecule has 1 aliphatic heterocycles. The van der Waals surface area contributed by atoms with Crippen molar-refractivity contribution in [2.24, 2.45) is 0 Å². The number of aromatic amines is 1. The molecular formula is C33H31N3O4. The van der Waals surface area contributed by atoms with Gasteiger partial charge in [0, 0.05) is 46.4 Å². The molecule has 1 fully saturated rings. The van der Waals surface area contributed by atoms with Gasteiger partial charge >= 0.3 is 5.97 Å². The summed E-state index contributed by atoms with van der Waals surface area (Å²) in [6, 6.07) is 13.9. The topological polar surface area (TPSA) is 89.4 Å². The van der Waals surface area contributed by atoms with E-state index >= 15 is 0 Å². The van der Waals surface area contributed by atoms with Crippen LogP contribution in [0.4, 0.5) is 0 Å². The first-order chi connectivity index (χ1) is 19.6. The summed E-state index contributed by atoms with van der Waals surface area (Å²) in [6.45, 7) is 0.576. The zero-order valence-corrected chi connectivity index (χ0v) is 22.7. The molecular weight excluding hydrogens is 502 g/mol. The van der Waals surface area contributed by atoms with Crippen LogP contribution in [0, 0.1) is 0 Å². The van der Waals surface area contributed by atoms with E-state index in [1.807, 2.05) is 30.6 Å². The highest BCUT2D eigenvalue weighted by Crippen LogP contribution is 2.48. The van der Waals surface area contributed by atoms with Crippen LogP contribution in [0.1, 0.15) is 65.1 Å². The summed E-state index contributed by atoms with van der Waals surface area (Å²) in [7, 11) is 3.32. The largest absolute Gasteiger partial charge is 0.497 e. The quantitative estimate of drug-likeness (QED) is 0.244. The fourth-order valence-electron chi connectivity index (χ4n) is 6.78. The van der Waals surface area contributed by atoms with Crippen molar-refractivity contribution in [1.29, 1.82) is 0 Å². The number of rotatable bonds is 5. The molecule has 3 aromatic heterocycles. The van der Waals surface area contributed by atoms with Crippen LogP contribution in [0.3, 0.4) is 0 Å². The van der Waals surface area contributed by atoms with Crippen LogP contribution in [-0.4, -0.2) is 39.8 Å². The molecule has 5 aromatic rings. The van der Waals surface area contributed by atoms with Crippen molar-refractivity contribution in [3.63, 3.8) is 0 Å². The van der Waals surface area contributed by atoms with E-state index in [1.165, 1.54) is 30.5 Å². The first-order valence-corrected chi connectivity index (χ1v) is 13.9. The molecule has 0 bridgehead atoms. The molecule has 0 atom stereocenters. The van der Waals surface area contributed by atoms with Gasteiger partial charge in [0.2, 0.25) is 5.88 Å². The lowest BCUT2D eigenvalue weighted by Gasteiger charge is -2.24. The Balaban J connectivity index is 1.55. The molecule has 0 radical (unpaired) electrons. The Morgan fingerprint density at radius 2 is 1.85 bits per heavy atom. The number of H-pyrrole nitrogens is 1. The van der Waals surface area contributed by atoms with Gasteiger partial charge in [-0.2, -0.15) is 0 Å². The number of carboxylic acids is 1. The number of carboxylic acid groups (broad SMARTS) is 1. The van der Waals surface area contributed by atoms with E-state index < -0.39 is 5.97 Å². The maximum absolute atomic E-state index is 12.1. The maximum Gasteiger partial charge on any atom is 0.335 e. The number of aromatic carboxylic acids is 1. The van der Waals surface area contributed by atoms with Crippen molar-refractivity contribution in [1.82, 2.24) is 14.5 Å². The summed E-state index contributed by atoms with van der Waals surface area (Å²) in [5.74, 6) is 0.863. The molecule has 0 unspecified atom stereocenters. The van der Waals surface area contributed by atoms with Crippen LogP contribution in [0.25, 0.3) is 44.7 Å². The zero-order chi connectivity index (χ0) is 27.4. The number of benzene rings is 2. The molecule has 0 spiro atoms. The van der Waals surface area contributed by atoms with Crippen molar-refractivity contribution >= 4 is 39.4 Å². The summed E-state index contributed by atoms with van der Waals surface area (Å²) in [4.78, 5) is 20.0. The Labute approximate surface area is 232 Å². The van der Waals surface area contributed by atoms with Crippen molar-refractivity contribution < 1.29 is 19.4 Å². The summed E-state index contributed by atoms with van der Waals surface area (Å²) < 4.78 is 13.5. The number of methoxy groups -OCH3 is 2. The minimum atomic E-state index is -0.917. The summed E-state index contributed by atoms with van der Waals surface area (Å²) in [5, 5.41) is 12.1. The Morgan fingerprint density at radius 3 is 2.62 bits per heavy atom. The molecule has 2 N–H and O–H groups in total. The SMILES string of the molecule is COc1ccc2c(c1)C=C(c1cnc(OC)c3[nH]ccc13)Cn1c-2c(C2CCCCC2)c2ccc(C(=O)O)cc21. The average molecular weight is 534 g/mol. The molecule has 1 aliphatic carbocycles. The van der Waals surface area contributed by atoms with Crippen molar-refractivity contribution in [3.8, 4) is 22.9 Å². The Kier molecular flexibility index (Phi) is 5.88. The van der Waals surface area contributed by atoms with Gasteiger partial charge in [-0.25, -0.2) is 9.78 Å². The van der Waals surface area contributed by atoms with Crippen LogP contribution in [0.15, 0.2) is 54.9 Å². The third-order valence-electron chi connectivity index (χ3n) is 8.64. The highest BCUT2D eigenvalue weighted by atomic mass is 16.5. The number of carbonyl (C=O) groups is 1. The normalized spacial score (nSPS) is 15.4. The van der Waals surface area contributed by atoms with Gasteiger partial charge in [0.05, 0.1) is 25.5 Å². The zero-order valence-electron chi connectivity index (χ0n) is 22.7. The monoisotopic (exact) mass is 533 g/mol. The van der Waals surface area contributed by atoms with Gasteiger partial charge in [-0.3, -0.25) is 0 Å². The lowest BCUT2D eigenvalue weighted by Crippen LogP contribution is -2.07. The first-order valence-electron chi connectivity index (χ1n) is 13.9. The van der Waals surface area contributed by atoms with Crippen LogP contribution in [-0.2, 0) is 6.54 Å². The molecule has 4 heterocycles. The highest BCUT2D eigenvalue weighted by molar-refractivity contribution is 6.04. The van der Waals surface area contributed by atoms with E-state index in [1.54, 1.807) is 20.3 Å². The molecule has 0 amide bonds. The Hall–Kier alpha value is -4.52. The number of ether oxygens (including phenoxy) is 2. The van der Waals surface area contributed by atoms with E-state index in [9.17, 15) is 9.90 Å². The molecule has 1 saturated carbocycles. The maximum atomic E-state index is 12.1. The second kappa shape index (κ2) is 9.59. The van der Waals surface area contributed by atoms with Crippen LogP contribution in [0.5, 0.6) is 11.6 Å². The van der Waals surface area contributed by atoms with Gasteiger partial charge in [-0.15, -0.1) is 0 Å². The smallest absolute Gasteiger partial charge is 0.335 e. The Bertz CT molecular complexity index is 1820. The number of nitrogens with zero attached hydrogens (tertiary/aromatic N) is 2. The summed E-state index contributed by atoms with van der Waals surface area (Å²) in [5.41, 5.74) is 8.93. The number of hydrogen-bond acceptors (Lipinski definition) is 4. The van der Waals surface area contributed by atoms with Crippen LogP contribution >= 0.6 is 0 Å². The van der Waals surface area contributed by atoms with E-state index in [4.69, 9.17) is 9.47 Å². The van der Waals surface area contributed by atoms with Gasteiger partial charge in [-0.1, -0.05) is 25.3 Å². The van der Waals surface area contributed by atoms with E-state index in [-0.39, 0.29) is 0 Å². The van der Waals surface area contributed by atoms with E-state index in [0.717, 1.165) is 62.7 Å². The standard InChI is InChI=1S/C33H31N3O4/c1-39-23-9-11-24-21(15-23)14-22(27-17-35-32(40-2)30-25(27)12-13-34-30)18-36-28-16-20(33(37)38)8-10-26(28)29(31(24)36)19-6-4-3-5-7-19/h8-17,19,34H,3-7,18H2,1-2H3,(H,37,38). The third kappa shape index (κ3) is 3.79. The third-order valence-corrected chi connectivity index (χ3v) is 8.64. The first kappa shape index (κ1) is 24.5. The molecule has 2 aliphatic rings. The number of hydrogen-bond donors (Lipinski definition) is 2. The van der Waals surface area contributed by atoms with E-state index in [0.29, 0.717) is 23.9 Å². The van der Waals surface area contributed by atoms with Gasteiger partial charge in [-0.05, 0) is 77.9 Å². The van der Waals surface area contributed by atoms with Crippen molar-refractivity contribution in [2.75, 3.05) is 14.2 Å². The predicted molar refractivity (Wildman–Crippen MR) is 157 cm³/mol. The lowest BCUT2D eigenvalue weighted by molar-refractivity contribution is 0.0697. The van der Waals surface area contributed by atoms with Crippen LogP contribution in [0.2, 0.25) is 0 Å². The minimum absolute atomic E-state index is 0.298. The van der Waals surface area contributed by atoms with Crippen LogP contribution < -0.4 is 9.47 Å². The van der Waals surface area contributed by atoms with Gasteiger partial charge in [0.25, 0.3) is 0 Å². The molecule has 7 rings (SSSR count). The fourth-order valence-corrected chi connectivity index (χ4v) is 6.78. The second-order valence-electron chi connectivity index (χ2n) is 10.8. The minimum Gasteiger partial charge on any atom is -0.497 e. The molecule has 0 saturated heterocycles. The molecule has 2 aromatic carbocycles. The van der Waals surface area contributed by atoms with Gasteiger partial charge in [0.1, 0.15) is 11.3 Å². The molecule has 202 valence electrons. The molecule has 7 heteroatoms. The Morgan fingerprint density at radius 1 is 1.00 bits per heavy atom. The van der Waals surface area contributed by atoms with Crippen molar-refractivity contribution in [3.05, 3.63) is 77.1 Å². The molecule has 40 heavy (non-hydrogen) atoms. The van der Waals surface area contributed by atoms with Crippen molar-refractivity contribution in [2.45, 2.75) is 44.6 Å². The number of fused-ring (bicyclic) bond motifs is 6. The predicted octanol–water partition coefficient (Wildman–Crippen LogP) is 7.50. The summed E-state index contributed by atoms with van der Waals surface area (Å²) >= 11 is 0. The highest BCUT2D eigenvalue weighted by Gasteiger charge is 2.30. The number of aromatic nitrogens is 3. The van der Waals surface area contributed by atoms with Gasteiger partial charge in [0.15, 0.2) is 0 Å². The second-order valence-corrected chi connectivity index (χ2v) is 10.8. The fraction of sp³-hybridized carbons (Fsp3) is 0.273. The number of nitrogens with one attached hydrogen (secondary N) is 1. The summed E-state index contributed by atoms with van der Waals surface area (Å²) in [6.07, 6.45) is 12.0. The average Bonchev–Trinajstić information content (AvgIpc) is 3.55.